The van der Waals surface area contributed by atoms with Gasteiger partial charge in [-0.15, -0.1) is 0 Å². The van der Waals surface area contributed by atoms with Crippen LogP contribution in [0.1, 0.15) is 26.3 Å². The SMILES string of the molecule is CCOC(=O)C(Cc1ccc([N+](=O)[O-])cc1)NC(=O)OCC(C)C. The highest BCUT2D eigenvalue weighted by Crippen LogP contribution is 2.13. The number of nitrogens with one attached hydrogen (secondary N) is 1. The third-order valence-electron chi connectivity index (χ3n) is 3.00. The molecule has 0 bridgehead atoms. The summed E-state index contributed by atoms with van der Waals surface area (Å²) in [5.74, 6) is -0.413. The molecule has 0 aliphatic heterocycles. The van der Waals surface area contributed by atoms with E-state index in [1.54, 1.807) is 6.92 Å². The lowest BCUT2D eigenvalue weighted by atomic mass is 10.1. The number of nitrogens with zero attached hydrogens (tertiary/aromatic N) is 1. The number of non-ortho nitro benzene ring substituents is 1. The van der Waals surface area contributed by atoms with Gasteiger partial charge < -0.3 is 14.8 Å². The van der Waals surface area contributed by atoms with Gasteiger partial charge >= 0.3 is 12.1 Å². The van der Waals surface area contributed by atoms with Crippen molar-refractivity contribution in [3.05, 3.63) is 39.9 Å². The predicted octanol–water partition coefficient (Wildman–Crippen LogP) is 2.45. The molecule has 1 atom stereocenters. The Morgan fingerprint density at radius 2 is 1.83 bits per heavy atom. The number of nitro benzene ring substituents is 1. The van der Waals surface area contributed by atoms with Crippen molar-refractivity contribution in [1.29, 1.82) is 0 Å². The van der Waals surface area contributed by atoms with Crippen LogP contribution in [0, 0.1) is 16.0 Å². The number of esters is 1. The number of benzene rings is 1. The molecule has 1 rings (SSSR count). The lowest BCUT2D eigenvalue weighted by molar-refractivity contribution is -0.384. The first kappa shape index (κ1) is 19.4. The van der Waals surface area contributed by atoms with Crippen LogP contribution >= 0.6 is 0 Å². The maximum absolute atomic E-state index is 12.0. The maximum Gasteiger partial charge on any atom is 0.407 e. The first-order valence-electron chi connectivity index (χ1n) is 7.66. The molecule has 1 aromatic carbocycles. The molecule has 0 heterocycles. The van der Waals surface area contributed by atoms with Gasteiger partial charge in [-0.1, -0.05) is 26.0 Å². The van der Waals surface area contributed by atoms with E-state index < -0.39 is 23.0 Å². The fraction of sp³-hybridized carbons (Fsp3) is 0.500. The van der Waals surface area contributed by atoms with Gasteiger partial charge in [-0.2, -0.15) is 0 Å². The molecule has 1 N–H and O–H groups in total. The molecule has 0 fully saturated rings. The minimum atomic E-state index is -0.925. The maximum atomic E-state index is 12.0. The molecule has 0 spiro atoms. The highest BCUT2D eigenvalue weighted by molar-refractivity contribution is 5.81. The first-order valence-corrected chi connectivity index (χ1v) is 7.66. The normalized spacial score (nSPS) is 11.7. The van der Waals surface area contributed by atoms with E-state index in [-0.39, 0.29) is 31.2 Å². The molecule has 8 heteroatoms. The van der Waals surface area contributed by atoms with E-state index >= 15 is 0 Å². The topological polar surface area (TPSA) is 108 Å². The van der Waals surface area contributed by atoms with E-state index in [0.717, 1.165) is 0 Å². The number of ether oxygens (including phenoxy) is 2. The second-order valence-electron chi connectivity index (χ2n) is 5.57. The molecule has 1 unspecified atom stereocenters. The smallest absolute Gasteiger partial charge is 0.407 e. The minimum Gasteiger partial charge on any atom is -0.464 e. The number of carbonyl (C=O) groups excluding carboxylic acids is 2. The average Bonchev–Trinajstić information content (AvgIpc) is 2.53. The number of rotatable bonds is 8. The third kappa shape index (κ3) is 6.64. The summed E-state index contributed by atoms with van der Waals surface area (Å²) in [4.78, 5) is 33.9. The number of hydrogen-bond donors (Lipinski definition) is 1. The summed E-state index contributed by atoms with van der Waals surface area (Å²) >= 11 is 0. The second-order valence-corrected chi connectivity index (χ2v) is 5.57. The number of carbonyl (C=O) groups is 2. The summed E-state index contributed by atoms with van der Waals surface area (Å²) in [5.41, 5.74) is 0.610. The Balaban J connectivity index is 2.76. The molecule has 0 aromatic heterocycles. The molecular weight excluding hydrogens is 316 g/mol. The molecule has 1 amide bonds. The lowest BCUT2D eigenvalue weighted by Gasteiger charge is -2.17. The molecule has 8 nitrogen and oxygen atoms in total. The Kier molecular flexibility index (Phi) is 7.67. The molecule has 24 heavy (non-hydrogen) atoms. The molecular formula is C16H22N2O6. The van der Waals surface area contributed by atoms with Crippen molar-refractivity contribution in [2.45, 2.75) is 33.2 Å². The number of nitro groups is 1. The Hall–Kier alpha value is -2.64. The Labute approximate surface area is 140 Å². The summed E-state index contributed by atoms with van der Waals surface area (Å²) in [6.45, 7) is 5.87. The Morgan fingerprint density at radius 3 is 2.33 bits per heavy atom. The van der Waals surface area contributed by atoms with Crippen LogP contribution in [0.2, 0.25) is 0 Å². The van der Waals surface area contributed by atoms with Crippen molar-refractivity contribution in [1.82, 2.24) is 5.32 Å². The van der Waals surface area contributed by atoms with Crippen LogP contribution in [0.3, 0.4) is 0 Å². The van der Waals surface area contributed by atoms with Crippen molar-refractivity contribution in [2.75, 3.05) is 13.2 Å². The van der Waals surface area contributed by atoms with Crippen LogP contribution in [0.4, 0.5) is 10.5 Å². The molecule has 132 valence electrons. The fourth-order valence-electron chi connectivity index (χ4n) is 1.85. The van der Waals surface area contributed by atoms with E-state index in [0.29, 0.717) is 5.56 Å². The van der Waals surface area contributed by atoms with E-state index in [9.17, 15) is 19.7 Å². The van der Waals surface area contributed by atoms with Gasteiger partial charge in [0.2, 0.25) is 0 Å². The Bertz CT molecular complexity index is 570. The van der Waals surface area contributed by atoms with Gasteiger partial charge in [-0.25, -0.2) is 9.59 Å². The largest absolute Gasteiger partial charge is 0.464 e. The van der Waals surface area contributed by atoms with Gasteiger partial charge in [0.15, 0.2) is 0 Å². The van der Waals surface area contributed by atoms with Crippen LogP contribution in [0.5, 0.6) is 0 Å². The number of hydrogen-bond acceptors (Lipinski definition) is 6. The van der Waals surface area contributed by atoms with Crippen LogP contribution in [-0.2, 0) is 20.7 Å². The van der Waals surface area contributed by atoms with Gasteiger partial charge in [-0.3, -0.25) is 10.1 Å². The molecule has 1 aromatic rings. The summed E-state index contributed by atoms with van der Waals surface area (Å²) in [7, 11) is 0. The molecule has 0 radical (unpaired) electrons. The van der Waals surface area contributed by atoms with Gasteiger partial charge in [0.1, 0.15) is 6.04 Å². The highest BCUT2D eigenvalue weighted by Gasteiger charge is 2.23. The molecule has 0 aliphatic rings. The van der Waals surface area contributed by atoms with Crippen LogP contribution in [0.15, 0.2) is 24.3 Å². The van der Waals surface area contributed by atoms with E-state index in [1.165, 1.54) is 24.3 Å². The minimum absolute atomic E-state index is 0.0456. The van der Waals surface area contributed by atoms with Crippen LogP contribution in [-0.4, -0.2) is 36.2 Å². The summed E-state index contributed by atoms with van der Waals surface area (Å²) in [5, 5.41) is 13.1. The number of alkyl carbamates (subject to hydrolysis) is 1. The molecule has 0 saturated carbocycles. The van der Waals surface area contributed by atoms with Crippen molar-refractivity contribution < 1.29 is 24.0 Å². The average molecular weight is 338 g/mol. The zero-order valence-corrected chi connectivity index (χ0v) is 14.0. The van der Waals surface area contributed by atoms with Crippen LogP contribution < -0.4 is 5.32 Å². The summed E-state index contributed by atoms with van der Waals surface area (Å²) in [6.07, 6.45) is -0.559. The third-order valence-corrected chi connectivity index (χ3v) is 3.00. The number of amides is 1. The predicted molar refractivity (Wildman–Crippen MR) is 86.5 cm³/mol. The van der Waals surface area contributed by atoms with Gasteiger partial charge in [0, 0.05) is 18.6 Å². The Morgan fingerprint density at radius 1 is 1.21 bits per heavy atom. The van der Waals surface area contributed by atoms with Crippen molar-refractivity contribution in [3.8, 4) is 0 Å². The van der Waals surface area contributed by atoms with Gasteiger partial charge in [0.25, 0.3) is 5.69 Å². The van der Waals surface area contributed by atoms with Gasteiger partial charge in [-0.05, 0) is 18.4 Å². The second kappa shape index (κ2) is 9.49. The van der Waals surface area contributed by atoms with Crippen molar-refractivity contribution in [2.24, 2.45) is 5.92 Å². The lowest BCUT2D eigenvalue weighted by Crippen LogP contribution is -2.43. The monoisotopic (exact) mass is 338 g/mol. The highest BCUT2D eigenvalue weighted by atomic mass is 16.6. The molecule has 0 aliphatic carbocycles. The first-order chi connectivity index (χ1) is 11.3. The van der Waals surface area contributed by atoms with E-state index in [1.807, 2.05) is 13.8 Å². The van der Waals surface area contributed by atoms with E-state index in [4.69, 9.17) is 9.47 Å². The quantitative estimate of drug-likeness (QED) is 0.443. The van der Waals surface area contributed by atoms with Crippen molar-refractivity contribution in [3.63, 3.8) is 0 Å². The zero-order chi connectivity index (χ0) is 18.1. The van der Waals surface area contributed by atoms with Gasteiger partial charge in [0.05, 0.1) is 18.1 Å². The zero-order valence-electron chi connectivity index (χ0n) is 14.0. The van der Waals surface area contributed by atoms with Crippen molar-refractivity contribution >= 4 is 17.7 Å². The van der Waals surface area contributed by atoms with E-state index in [2.05, 4.69) is 5.32 Å². The summed E-state index contributed by atoms with van der Waals surface area (Å²) < 4.78 is 9.95. The molecule has 0 saturated heterocycles. The van der Waals surface area contributed by atoms with Crippen LogP contribution in [0.25, 0.3) is 0 Å². The standard InChI is InChI=1S/C16H22N2O6/c1-4-23-15(19)14(17-16(20)24-10-11(2)3)9-12-5-7-13(8-6-12)18(21)22/h5-8,11,14H,4,9-10H2,1-3H3,(H,17,20). The summed E-state index contributed by atoms with van der Waals surface area (Å²) in [6, 6.07) is 4.83. The fourth-order valence-corrected chi connectivity index (χ4v) is 1.85.